The molecular formula is C16H22N2O5. The van der Waals surface area contributed by atoms with Crippen LogP contribution in [0.15, 0.2) is 24.3 Å². The van der Waals surface area contributed by atoms with Crippen molar-refractivity contribution < 1.29 is 23.9 Å². The lowest BCUT2D eigenvalue weighted by molar-refractivity contribution is -0.144. The predicted octanol–water partition coefficient (Wildman–Crippen LogP) is 2.18. The number of esters is 2. The van der Waals surface area contributed by atoms with Crippen molar-refractivity contribution in [3.63, 3.8) is 0 Å². The molecule has 1 rings (SSSR count). The van der Waals surface area contributed by atoms with Crippen LogP contribution in [0.4, 0.5) is 10.5 Å². The van der Waals surface area contributed by atoms with Gasteiger partial charge in [-0.3, -0.25) is 0 Å². The van der Waals surface area contributed by atoms with Crippen LogP contribution >= 0.6 is 0 Å². The summed E-state index contributed by atoms with van der Waals surface area (Å²) in [5.41, 5.74) is 0.521. The van der Waals surface area contributed by atoms with Crippen LogP contribution in [-0.4, -0.2) is 38.2 Å². The molecule has 7 heteroatoms. The van der Waals surface area contributed by atoms with Crippen LogP contribution in [0, 0.1) is 5.92 Å². The number of hydrogen-bond donors (Lipinski definition) is 2. The summed E-state index contributed by atoms with van der Waals surface area (Å²) in [6.07, 6.45) is 0.693. The minimum atomic E-state index is -0.768. The smallest absolute Gasteiger partial charge is 0.339 e. The Labute approximate surface area is 135 Å². The first-order chi connectivity index (χ1) is 10.9. The highest BCUT2D eigenvalue weighted by Crippen LogP contribution is 2.16. The molecule has 0 aliphatic carbocycles. The average molecular weight is 322 g/mol. The standard InChI is InChI=1S/C16H22N2O5/c1-5-10(2)13(15(20)23-4)18-16(21)17-12-9-7-6-8-11(12)14(19)22-3/h6-10,13H,5H2,1-4H3,(H2,17,18,21)/t10-,13+/m0/s1. The molecule has 0 radical (unpaired) electrons. The van der Waals surface area contributed by atoms with Gasteiger partial charge in [0, 0.05) is 0 Å². The number of methoxy groups -OCH3 is 2. The monoisotopic (exact) mass is 322 g/mol. The van der Waals surface area contributed by atoms with E-state index < -0.39 is 24.0 Å². The summed E-state index contributed by atoms with van der Waals surface area (Å²) in [7, 11) is 2.53. The molecule has 0 spiro atoms. The number of benzene rings is 1. The number of para-hydroxylation sites is 1. The van der Waals surface area contributed by atoms with E-state index in [2.05, 4.69) is 15.4 Å². The number of nitrogens with one attached hydrogen (secondary N) is 2. The highest BCUT2D eigenvalue weighted by molar-refractivity contribution is 6.01. The molecule has 0 aliphatic heterocycles. The first-order valence-corrected chi connectivity index (χ1v) is 7.27. The van der Waals surface area contributed by atoms with Crippen LogP contribution in [0.5, 0.6) is 0 Å². The Bertz CT molecular complexity index is 573. The van der Waals surface area contributed by atoms with E-state index in [1.165, 1.54) is 20.3 Å². The van der Waals surface area contributed by atoms with Crippen LogP contribution in [0.2, 0.25) is 0 Å². The maximum Gasteiger partial charge on any atom is 0.339 e. The van der Waals surface area contributed by atoms with Gasteiger partial charge in [-0.25, -0.2) is 14.4 Å². The van der Waals surface area contributed by atoms with E-state index in [0.29, 0.717) is 12.1 Å². The maximum absolute atomic E-state index is 12.1. The number of rotatable bonds is 6. The van der Waals surface area contributed by atoms with Crippen LogP contribution in [0.25, 0.3) is 0 Å². The summed E-state index contributed by atoms with van der Waals surface area (Å²) in [6, 6.07) is 5.07. The SMILES string of the molecule is CC[C@H](C)[C@@H](NC(=O)Nc1ccccc1C(=O)OC)C(=O)OC. The first-order valence-electron chi connectivity index (χ1n) is 7.27. The van der Waals surface area contributed by atoms with E-state index in [1.807, 2.05) is 13.8 Å². The molecule has 0 heterocycles. The second kappa shape index (κ2) is 8.77. The highest BCUT2D eigenvalue weighted by atomic mass is 16.5. The number of amides is 2. The third-order valence-corrected chi connectivity index (χ3v) is 3.54. The third kappa shape index (κ3) is 4.98. The van der Waals surface area contributed by atoms with Gasteiger partial charge in [0.1, 0.15) is 6.04 Å². The van der Waals surface area contributed by atoms with Gasteiger partial charge in [0.25, 0.3) is 0 Å². The minimum Gasteiger partial charge on any atom is -0.467 e. The van der Waals surface area contributed by atoms with Crippen molar-refractivity contribution in [1.29, 1.82) is 0 Å². The highest BCUT2D eigenvalue weighted by Gasteiger charge is 2.27. The lowest BCUT2D eigenvalue weighted by Gasteiger charge is -2.22. The molecule has 1 aromatic rings. The summed E-state index contributed by atoms with van der Waals surface area (Å²) in [5, 5.41) is 5.13. The normalized spacial score (nSPS) is 12.7. The van der Waals surface area contributed by atoms with Crippen LogP contribution in [0.3, 0.4) is 0 Å². The Balaban J connectivity index is 2.87. The molecule has 0 aliphatic rings. The summed E-state index contributed by atoms with van der Waals surface area (Å²) in [6.45, 7) is 3.75. The van der Waals surface area contributed by atoms with Crippen molar-refractivity contribution in [3.8, 4) is 0 Å². The summed E-state index contributed by atoms with van der Waals surface area (Å²) >= 11 is 0. The Hall–Kier alpha value is -2.57. The van der Waals surface area contributed by atoms with E-state index in [4.69, 9.17) is 4.74 Å². The number of carbonyl (C=O) groups excluding carboxylic acids is 3. The van der Waals surface area contributed by atoms with E-state index in [1.54, 1.807) is 18.2 Å². The Morgan fingerprint density at radius 1 is 1.13 bits per heavy atom. The summed E-state index contributed by atoms with van der Waals surface area (Å²) in [5.74, 6) is -1.17. The van der Waals surface area contributed by atoms with Crippen LogP contribution in [0.1, 0.15) is 30.6 Å². The van der Waals surface area contributed by atoms with Gasteiger partial charge in [0.15, 0.2) is 0 Å². The fraction of sp³-hybridized carbons (Fsp3) is 0.438. The molecule has 0 saturated heterocycles. The molecule has 0 aromatic heterocycles. The van der Waals surface area contributed by atoms with Gasteiger partial charge in [0.05, 0.1) is 25.5 Å². The fourth-order valence-corrected chi connectivity index (χ4v) is 1.98. The Morgan fingerprint density at radius 3 is 2.35 bits per heavy atom. The van der Waals surface area contributed by atoms with Gasteiger partial charge in [-0.05, 0) is 18.1 Å². The molecule has 2 atom stereocenters. The zero-order chi connectivity index (χ0) is 17.4. The third-order valence-electron chi connectivity index (χ3n) is 3.54. The number of carbonyl (C=O) groups is 3. The first kappa shape index (κ1) is 18.5. The number of hydrogen-bond acceptors (Lipinski definition) is 5. The molecule has 0 saturated carbocycles. The van der Waals surface area contributed by atoms with Crippen molar-refractivity contribution in [2.75, 3.05) is 19.5 Å². The molecule has 126 valence electrons. The summed E-state index contributed by atoms with van der Waals surface area (Å²) in [4.78, 5) is 35.6. The van der Waals surface area contributed by atoms with Gasteiger partial charge in [-0.15, -0.1) is 0 Å². The molecular weight excluding hydrogens is 300 g/mol. The molecule has 23 heavy (non-hydrogen) atoms. The van der Waals surface area contributed by atoms with Gasteiger partial charge in [0.2, 0.25) is 0 Å². The quantitative estimate of drug-likeness (QED) is 0.783. The number of ether oxygens (including phenoxy) is 2. The second-order valence-corrected chi connectivity index (χ2v) is 5.02. The van der Waals surface area contributed by atoms with Gasteiger partial charge >= 0.3 is 18.0 Å². The van der Waals surface area contributed by atoms with Gasteiger partial charge < -0.3 is 20.1 Å². The Kier molecular flexibility index (Phi) is 7.05. The maximum atomic E-state index is 12.1. The van der Waals surface area contributed by atoms with E-state index >= 15 is 0 Å². The number of urea groups is 1. The van der Waals surface area contributed by atoms with Crippen LogP contribution < -0.4 is 10.6 Å². The van der Waals surface area contributed by atoms with Gasteiger partial charge in [-0.2, -0.15) is 0 Å². The molecule has 2 amide bonds. The van der Waals surface area contributed by atoms with Gasteiger partial charge in [-0.1, -0.05) is 32.4 Å². The molecule has 7 nitrogen and oxygen atoms in total. The van der Waals surface area contributed by atoms with Crippen molar-refractivity contribution in [2.24, 2.45) is 5.92 Å². The molecule has 0 fully saturated rings. The predicted molar refractivity (Wildman–Crippen MR) is 85.2 cm³/mol. The lowest BCUT2D eigenvalue weighted by Crippen LogP contribution is -2.47. The molecule has 1 aromatic carbocycles. The zero-order valence-electron chi connectivity index (χ0n) is 13.7. The molecule has 2 N–H and O–H groups in total. The topological polar surface area (TPSA) is 93.7 Å². The minimum absolute atomic E-state index is 0.0935. The summed E-state index contributed by atoms with van der Waals surface area (Å²) < 4.78 is 9.38. The van der Waals surface area contributed by atoms with E-state index in [9.17, 15) is 14.4 Å². The second-order valence-electron chi connectivity index (χ2n) is 5.02. The van der Waals surface area contributed by atoms with E-state index in [0.717, 1.165) is 0 Å². The fourth-order valence-electron chi connectivity index (χ4n) is 1.98. The largest absolute Gasteiger partial charge is 0.467 e. The number of anilines is 1. The van der Waals surface area contributed by atoms with E-state index in [-0.39, 0.29) is 11.5 Å². The molecule has 0 bridgehead atoms. The van der Waals surface area contributed by atoms with Crippen LogP contribution in [-0.2, 0) is 14.3 Å². The molecule has 0 unspecified atom stereocenters. The zero-order valence-corrected chi connectivity index (χ0v) is 13.7. The average Bonchev–Trinajstić information content (AvgIpc) is 2.58. The van der Waals surface area contributed by atoms with Crippen molar-refractivity contribution >= 4 is 23.7 Å². The van der Waals surface area contributed by atoms with Crippen molar-refractivity contribution in [1.82, 2.24) is 5.32 Å². The van der Waals surface area contributed by atoms with Crippen molar-refractivity contribution in [2.45, 2.75) is 26.3 Å². The lowest BCUT2D eigenvalue weighted by atomic mass is 9.99. The Morgan fingerprint density at radius 2 is 1.78 bits per heavy atom. The van der Waals surface area contributed by atoms with Crippen molar-refractivity contribution in [3.05, 3.63) is 29.8 Å².